The lowest BCUT2D eigenvalue weighted by Gasteiger charge is -2.09. The lowest BCUT2D eigenvalue weighted by Crippen LogP contribution is -2.12. The number of aromatic carboxylic acids is 1. The molecule has 1 aromatic heterocycles. The number of carbonyl (C=O) groups is 1. The van der Waals surface area contributed by atoms with Crippen LogP contribution in [0.4, 0.5) is 0 Å². The SMILES string of the molecule is Cc1ccc(C(=O)O)c(Oc2nc[nH]c(=O)c2I)c1. The summed E-state index contributed by atoms with van der Waals surface area (Å²) in [5, 5.41) is 9.09. The number of carboxylic acids is 1. The summed E-state index contributed by atoms with van der Waals surface area (Å²) in [7, 11) is 0. The Morgan fingerprint density at radius 2 is 2.21 bits per heavy atom. The molecule has 2 N–H and O–H groups in total. The third-order valence-corrected chi connectivity index (χ3v) is 3.29. The number of aromatic nitrogens is 2. The Bertz CT molecular complexity index is 696. The maximum atomic E-state index is 11.4. The van der Waals surface area contributed by atoms with Crippen molar-refractivity contribution in [1.82, 2.24) is 9.97 Å². The second-order valence-electron chi connectivity index (χ2n) is 3.76. The van der Waals surface area contributed by atoms with Gasteiger partial charge in [-0.1, -0.05) is 6.07 Å². The summed E-state index contributed by atoms with van der Waals surface area (Å²) >= 11 is 1.79. The number of aryl methyl sites for hydroxylation is 1. The average Bonchev–Trinajstić information content (AvgIpc) is 2.35. The number of carboxylic acid groups (broad SMARTS) is 1. The maximum absolute atomic E-state index is 11.4. The van der Waals surface area contributed by atoms with E-state index in [9.17, 15) is 9.59 Å². The van der Waals surface area contributed by atoms with Crippen LogP contribution >= 0.6 is 22.6 Å². The number of nitrogens with one attached hydrogen (secondary N) is 1. The molecule has 7 heteroatoms. The van der Waals surface area contributed by atoms with Crippen molar-refractivity contribution in [2.24, 2.45) is 0 Å². The van der Waals surface area contributed by atoms with Gasteiger partial charge in [-0.25, -0.2) is 9.78 Å². The maximum Gasteiger partial charge on any atom is 0.339 e. The van der Waals surface area contributed by atoms with E-state index in [0.717, 1.165) is 5.56 Å². The third-order valence-electron chi connectivity index (χ3n) is 2.34. The molecule has 1 heterocycles. The van der Waals surface area contributed by atoms with Crippen LogP contribution in [0.25, 0.3) is 0 Å². The van der Waals surface area contributed by atoms with Crippen molar-refractivity contribution in [1.29, 1.82) is 0 Å². The normalized spacial score (nSPS) is 10.2. The summed E-state index contributed by atoms with van der Waals surface area (Å²) in [6.07, 6.45) is 1.20. The molecule has 1 aromatic carbocycles. The molecule has 0 saturated heterocycles. The highest BCUT2D eigenvalue weighted by atomic mass is 127. The van der Waals surface area contributed by atoms with Crippen molar-refractivity contribution in [3.05, 3.63) is 49.6 Å². The summed E-state index contributed by atoms with van der Waals surface area (Å²) < 4.78 is 5.71. The number of nitrogens with zero attached hydrogens (tertiary/aromatic N) is 1. The van der Waals surface area contributed by atoms with E-state index in [4.69, 9.17) is 9.84 Å². The van der Waals surface area contributed by atoms with Gasteiger partial charge < -0.3 is 14.8 Å². The zero-order valence-corrected chi connectivity index (χ0v) is 12.0. The smallest absolute Gasteiger partial charge is 0.339 e. The fraction of sp³-hybridized carbons (Fsp3) is 0.0833. The van der Waals surface area contributed by atoms with Gasteiger partial charge in [0.15, 0.2) is 0 Å². The Morgan fingerprint density at radius 3 is 2.89 bits per heavy atom. The number of ether oxygens (including phenoxy) is 1. The minimum Gasteiger partial charge on any atom is -0.478 e. The highest BCUT2D eigenvalue weighted by Crippen LogP contribution is 2.26. The molecule has 2 rings (SSSR count). The molecular weight excluding hydrogens is 363 g/mol. The van der Waals surface area contributed by atoms with Crippen LogP contribution in [0.5, 0.6) is 11.6 Å². The molecule has 0 saturated carbocycles. The van der Waals surface area contributed by atoms with Gasteiger partial charge in [-0.2, -0.15) is 0 Å². The Hall–Kier alpha value is -1.90. The molecule has 0 fully saturated rings. The lowest BCUT2D eigenvalue weighted by atomic mass is 10.1. The van der Waals surface area contributed by atoms with Gasteiger partial charge in [0, 0.05) is 0 Å². The zero-order chi connectivity index (χ0) is 14.0. The van der Waals surface area contributed by atoms with Crippen molar-refractivity contribution in [2.75, 3.05) is 0 Å². The first-order valence-corrected chi connectivity index (χ1v) is 6.32. The Kier molecular flexibility index (Phi) is 3.84. The predicted molar refractivity (Wildman–Crippen MR) is 75.8 cm³/mol. The van der Waals surface area contributed by atoms with E-state index in [2.05, 4.69) is 9.97 Å². The van der Waals surface area contributed by atoms with Gasteiger partial charge in [-0.15, -0.1) is 0 Å². The monoisotopic (exact) mass is 372 g/mol. The van der Waals surface area contributed by atoms with Gasteiger partial charge >= 0.3 is 5.97 Å². The molecule has 0 aliphatic carbocycles. The first kappa shape index (κ1) is 13.5. The summed E-state index contributed by atoms with van der Waals surface area (Å²) in [5.41, 5.74) is 0.526. The molecule has 0 spiro atoms. The second kappa shape index (κ2) is 5.39. The molecule has 0 aliphatic heterocycles. The van der Waals surface area contributed by atoms with E-state index in [1.807, 2.05) is 6.92 Å². The zero-order valence-electron chi connectivity index (χ0n) is 9.81. The van der Waals surface area contributed by atoms with E-state index in [-0.39, 0.29) is 26.3 Å². The van der Waals surface area contributed by atoms with Crippen LogP contribution < -0.4 is 10.3 Å². The molecule has 0 atom stereocenters. The van der Waals surface area contributed by atoms with Crippen LogP contribution in [0.15, 0.2) is 29.3 Å². The summed E-state index contributed by atoms with van der Waals surface area (Å²) in [6.45, 7) is 1.81. The summed E-state index contributed by atoms with van der Waals surface area (Å²) in [4.78, 5) is 28.8. The molecule has 0 radical (unpaired) electrons. The Labute approximate surface area is 121 Å². The number of benzene rings is 1. The van der Waals surface area contributed by atoms with E-state index in [1.165, 1.54) is 12.4 Å². The van der Waals surface area contributed by atoms with Crippen molar-refractivity contribution in [2.45, 2.75) is 6.92 Å². The topological polar surface area (TPSA) is 92.3 Å². The van der Waals surface area contributed by atoms with E-state index in [1.54, 1.807) is 34.7 Å². The third kappa shape index (κ3) is 2.92. The van der Waals surface area contributed by atoms with E-state index < -0.39 is 5.97 Å². The van der Waals surface area contributed by atoms with Crippen LogP contribution in [0, 0.1) is 10.5 Å². The number of H-pyrrole nitrogens is 1. The molecule has 0 unspecified atom stereocenters. The molecule has 2 aromatic rings. The largest absolute Gasteiger partial charge is 0.478 e. The molecule has 0 aliphatic rings. The minimum atomic E-state index is -1.10. The summed E-state index contributed by atoms with van der Waals surface area (Å²) in [5.74, 6) is -0.865. The minimum absolute atomic E-state index is 0.0171. The van der Waals surface area contributed by atoms with Crippen LogP contribution in [-0.4, -0.2) is 21.0 Å². The van der Waals surface area contributed by atoms with Crippen LogP contribution in [0.3, 0.4) is 0 Å². The Balaban J connectivity index is 2.48. The fourth-order valence-corrected chi connectivity index (χ4v) is 1.84. The second-order valence-corrected chi connectivity index (χ2v) is 4.84. The van der Waals surface area contributed by atoms with Crippen molar-refractivity contribution in [3.63, 3.8) is 0 Å². The lowest BCUT2D eigenvalue weighted by molar-refractivity contribution is 0.0694. The van der Waals surface area contributed by atoms with Gasteiger partial charge in [-0.05, 0) is 47.2 Å². The van der Waals surface area contributed by atoms with E-state index >= 15 is 0 Å². The van der Waals surface area contributed by atoms with Gasteiger partial charge in [0.05, 0.1) is 6.33 Å². The van der Waals surface area contributed by atoms with Gasteiger partial charge in [0.2, 0.25) is 5.88 Å². The number of hydrogen-bond acceptors (Lipinski definition) is 4. The fourth-order valence-electron chi connectivity index (χ4n) is 1.43. The van der Waals surface area contributed by atoms with Crippen LogP contribution in [0.1, 0.15) is 15.9 Å². The first-order valence-electron chi connectivity index (χ1n) is 5.24. The van der Waals surface area contributed by atoms with Gasteiger partial charge in [-0.3, -0.25) is 4.79 Å². The number of hydrogen-bond donors (Lipinski definition) is 2. The molecule has 6 nitrogen and oxygen atoms in total. The van der Waals surface area contributed by atoms with Crippen molar-refractivity contribution >= 4 is 28.6 Å². The van der Waals surface area contributed by atoms with Crippen molar-refractivity contribution in [3.8, 4) is 11.6 Å². The summed E-state index contributed by atoms with van der Waals surface area (Å²) in [6, 6.07) is 4.71. The van der Waals surface area contributed by atoms with Crippen LogP contribution in [0.2, 0.25) is 0 Å². The van der Waals surface area contributed by atoms with Crippen LogP contribution in [-0.2, 0) is 0 Å². The molecule has 19 heavy (non-hydrogen) atoms. The highest BCUT2D eigenvalue weighted by molar-refractivity contribution is 14.1. The highest BCUT2D eigenvalue weighted by Gasteiger charge is 2.15. The molecule has 0 bridgehead atoms. The molecular formula is C12H9IN2O4. The van der Waals surface area contributed by atoms with E-state index in [0.29, 0.717) is 0 Å². The van der Waals surface area contributed by atoms with Crippen molar-refractivity contribution < 1.29 is 14.6 Å². The molecule has 98 valence electrons. The number of aromatic amines is 1. The molecule has 0 amide bonds. The predicted octanol–water partition coefficient (Wildman–Crippen LogP) is 2.17. The number of halogens is 1. The average molecular weight is 372 g/mol. The van der Waals surface area contributed by atoms with Gasteiger partial charge in [0.25, 0.3) is 5.56 Å². The van der Waals surface area contributed by atoms with Gasteiger partial charge in [0.1, 0.15) is 14.9 Å². The first-order chi connectivity index (χ1) is 8.99. The number of rotatable bonds is 3. The quantitative estimate of drug-likeness (QED) is 0.806. The standard InChI is InChI=1S/C12H9IN2O4/c1-6-2-3-7(12(17)18)8(4-6)19-11-9(13)10(16)14-5-15-11/h2-5H,1H3,(H,17,18)(H,14,15,16). The Morgan fingerprint density at radius 1 is 1.47 bits per heavy atom.